The van der Waals surface area contributed by atoms with E-state index in [1.165, 1.54) is 31.4 Å². The standard InChI is InChI=1S/C16H31N3OS.HI/c1-4-14-12-19(9-11-21-14)15(17-3)18-13-16(6-7-16)8-10-20-5-2;/h14H,4-13H2,1-3H3,(H,17,18);1H. The van der Waals surface area contributed by atoms with Gasteiger partial charge in [0, 0.05) is 50.9 Å². The maximum absolute atomic E-state index is 5.52. The average Bonchev–Trinajstić information content (AvgIpc) is 3.29. The van der Waals surface area contributed by atoms with Crippen LogP contribution in [0.1, 0.15) is 39.5 Å². The molecule has 0 spiro atoms. The van der Waals surface area contributed by atoms with Crippen LogP contribution in [0.15, 0.2) is 4.99 Å². The molecule has 1 saturated carbocycles. The largest absolute Gasteiger partial charge is 0.382 e. The van der Waals surface area contributed by atoms with Gasteiger partial charge in [0.15, 0.2) is 5.96 Å². The molecule has 0 aromatic rings. The van der Waals surface area contributed by atoms with Crippen molar-refractivity contribution in [3.63, 3.8) is 0 Å². The molecule has 2 rings (SSSR count). The van der Waals surface area contributed by atoms with Crippen LogP contribution in [0.3, 0.4) is 0 Å². The molecule has 2 aliphatic rings. The van der Waals surface area contributed by atoms with E-state index >= 15 is 0 Å². The van der Waals surface area contributed by atoms with Gasteiger partial charge in [-0.05, 0) is 38.0 Å². The Hall–Kier alpha value is 0.310. The van der Waals surface area contributed by atoms with E-state index in [-0.39, 0.29) is 24.0 Å². The fraction of sp³-hybridized carbons (Fsp3) is 0.938. The molecule has 1 aliphatic heterocycles. The highest BCUT2D eigenvalue weighted by atomic mass is 127. The highest BCUT2D eigenvalue weighted by molar-refractivity contribution is 14.0. The number of thioether (sulfide) groups is 1. The second kappa shape index (κ2) is 10.2. The molecular formula is C16H32IN3OS. The molecule has 1 unspecified atom stereocenters. The summed E-state index contributed by atoms with van der Waals surface area (Å²) in [4.78, 5) is 6.93. The van der Waals surface area contributed by atoms with Gasteiger partial charge in [-0.1, -0.05) is 6.92 Å². The average molecular weight is 441 g/mol. The smallest absolute Gasteiger partial charge is 0.193 e. The number of guanidine groups is 1. The predicted octanol–water partition coefficient (Wildman–Crippen LogP) is 3.21. The van der Waals surface area contributed by atoms with Crippen LogP contribution in [-0.2, 0) is 4.74 Å². The van der Waals surface area contributed by atoms with Crippen LogP contribution in [0, 0.1) is 5.41 Å². The summed E-state index contributed by atoms with van der Waals surface area (Å²) in [6.07, 6.45) is 5.09. The van der Waals surface area contributed by atoms with Gasteiger partial charge in [-0.2, -0.15) is 11.8 Å². The summed E-state index contributed by atoms with van der Waals surface area (Å²) >= 11 is 2.10. The highest BCUT2D eigenvalue weighted by Crippen LogP contribution is 2.48. The quantitative estimate of drug-likeness (QED) is 0.285. The second-order valence-electron chi connectivity index (χ2n) is 6.19. The maximum Gasteiger partial charge on any atom is 0.193 e. The lowest BCUT2D eigenvalue weighted by atomic mass is 10.0. The fourth-order valence-electron chi connectivity index (χ4n) is 2.88. The Morgan fingerprint density at radius 3 is 2.77 bits per heavy atom. The van der Waals surface area contributed by atoms with Crippen molar-refractivity contribution in [3.8, 4) is 0 Å². The van der Waals surface area contributed by atoms with Crippen LogP contribution in [-0.4, -0.2) is 61.8 Å². The van der Waals surface area contributed by atoms with Crippen LogP contribution in [0.25, 0.3) is 0 Å². The van der Waals surface area contributed by atoms with Gasteiger partial charge in [-0.25, -0.2) is 0 Å². The maximum atomic E-state index is 5.52. The van der Waals surface area contributed by atoms with E-state index in [1.807, 2.05) is 7.05 Å². The summed E-state index contributed by atoms with van der Waals surface area (Å²) in [6.45, 7) is 9.37. The number of nitrogens with one attached hydrogen (secondary N) is 1. The van der Waals surface area contributed by atoms with Crippen molar-refractivity contribution in [2.24, 2.45) is 10.4 Å². The van der Waals surface area contributed by atoms with Gasteiger partial charge in [0.05, 0.1) is 0 Å². The topological polar surface area (TPSA) is 36.9 Å². The second-order valence-corrected chi connectivity index (χ2v) is 7.60. The van der Waals surface area contributed by atoms with E-state index in [1.54, 1.807) is 0 Å². The van der Waals surface area contributed by atoms with Crippen LogP contribution in [0.2, 0.25) is 0 Å². The molecular weight excluding hydrogens is 409 g/mol. The first kappa shape index (κ1) is 20.4. The highest BCUT2D eigenvalue weighted by Gasteiger charge is 2.42. The van der Waals surface area contributed by atoms with Crippen LogP contribution < -0.4 is 5.32 Å². The van der Waals surface area contributed by atoms with Gasteiger partial charge in [-0.3, -0.25) is 4.99 Å². The van der Waals surface area contributed by atoms with Gasteiger partial charge < -0.3 is 15.0 Å². The minimum Gasteiger partial charge on any atom is -0.382 e. The molecule has 1 aliphatic carbocycles. The van der Waals surface area contributed by atoms with Crippen molar-refractivity contribution < 1.29 is 4.74 Å². The number of rotatable bonds is 7. The monoisotopic (exact) mass is 441 g/mol. The molecule has 0 radical (unpaired) electrons. The summed E-state index contributed by atoms with van der Waals surface area (Å²) in [6, 6.07) is 0. The first-order chi connectivity index (χ1) is 10.2. The van der Waals surface area contributed by atoms with Crippen molar-refractivity contribution >= 4 is 41.7 Å². The Morgan fingerprint density at radius 1 is 1.41 bits per heavy atom. The first-order valence-corrected chi connectivity index (χ1v) is 9.43. The zero-order valence-electron chi connectivity index (χ0n) is 14.3. The predicted molar refractivity (Wildman–Crippen MR) is 108 cm³/mol. The van der Waals surface area contributed by atoms with Crippen molar-refractivity contribution in [1.82, 2.24) is 10.2 Å². The Bertz CT molecular complexity index is 350. The van der Waals surface area contributed by atoms with Crippen molar-refractivity contribution in [2.75, 3.05) is 45.6 Å². The molecule has 0 amide bonds. The molecule has 0 bridgehead atoms. The third kappa shape index (κ3) is 6.07. The summed E-state index contributed by atoms with van der Waals surface area (Å²) in [5, 5.41) is 4.38. The van der Waals surface area contributed by atoms with Gasteiger partial charge in [0.2, 0.25) is 0 Å². The number of hydrogen-bond acceptors (Lipinski definition) is 3. The van der Waals surface area contributed by atoms with Crippen molar-refractivity contribution in [2.45, 2.75) is 44.8 Å². The lowest BCUT2D eigenvalue weighted by Crippen LogP contribution is -2.49. The molecule has 1 saturated heterocycles. The van der Waals surface area contributed by atoms with Crippen LogP contribution in [0.4, 0.5) is 0 Å². The zero-order chi connectivity index (χ0) is 15.1. The van der Waals surface area contributed by atoms with Gasteiger partial charge in [-0.15, -0.1) is 24.0 Å². The summed E-state index contributed by atoms with van der Waals surface area (Å²) in [5.74, 6) is 2.31. The molecule has 1 atom stereocenters. The molecule has 2 fully saturated rings. The summed E-state index contributed by atoms with van der Waals surface area (Å²) in [5.41, 5.74) is 0.472. The van der Waals surface area contributed by atoms with Gasteiger partial charge in [0.1, 0.15) is 0 Å². The molecule has 1 N–H and O–H groups in total. The molecule has 6 heteroatoms. The Kier molecular flexibility index (Phi) is 9.47. The fourth-order valence-corrected chi connectivity index (χ4v) is 4.06. The van der Waals surface area contributed by atoms with Crippen molar-refractivity contribution in [3.05, 3.63) is 0 Å². The molecule has 1 heterocycles. The molecule has 22 heavy (non-hydrogen) atoms. The number of hydrogen-bond donors (Lipinski definition) is 1. The van der Waals surface area contributed by atoms with Crippen molar-refractivity contribution in [1.29, 1.82) is 0 Å². The summed E-state index contributed by atoms with van der Waals surface area (Å²) in [7, 11) is 1.91. The molecule has 130 valence electrons. The zero-order valence-corrected chi connectivity index (χ0v) is 17.4. The van der Waals surface area contributed by atoms with E-state index in [0.29, 0.717) is 5.41 Å². The number of ether oxygens (including phenoxy) is 1. The van der Waals surface area contributed by atoms with Crippen LogP contribution in [0.5, 0.6) is 0 Å². The summed E-state index contributed by atoms with van der Waals surface area (Å²) < 4.78 is 5.52. The minimum absolute atomic E-state index is 0. The van der Waals surface area contributed by atoms with E-state index in [0.717, 1.165) is 44.1 Å². The normalized spacial score (nSPS) is 23.9. The van der Waals surface area contributed by atoms with Crippen LogP contribution >= 0.6 is 35.7 Å². The number of halogens is 1. The SMILES string of the molecule is CCOCCC1(CNC(=NC)N2CCSC(CC)C2)CC1.I. The first-order valence-electron chi connectivity index (χ1n) is 8.38. The van der Waals surface area contributed by atoms with E-state index in [9.17, 15) is 0 Å². The van der Waals surface area contributed by atoms with Gasteiger partial charge >= 0.3 is 0 Å². The lowest BCUT2D eigenvalue weighted by Gasteiger charge is -2.35. The minimum atomic E-state index is 0. The molecule has 4 nitrogen and oxygen atoms in total. The Labute approximate surface area is 157 Å². The number of nitrogens with zero attached hydrogens (tertiary/aromatic N) is 2. The third-order valence-electron chi connectivity index (χ3n) is 4.66. The lowest BCUT2D eigenvalue weighted by molar-refractivity contribution is 0.128. The van der Waals surface area contributed by atoms with Gasteiger partial charge in [0.25, 0.3) is 0 Å². The number of aliphatic imine (C=N–C) groups is 1. The molecule has 0 aromatic carbocycles. The van der Waals surface area contributed by atoms with E-state index in [4.69, 9.17) is 4.74 Å². The molecule has 0 aromatic heterocycles. The van der Waals surface area contributed by atoms with E-state index < -0.39 is 0 Å². The Morgan fingerprint density at radius 2 is 2.18 bits per heavy atom. The third-order valence-corrected chi connectivity index (χ3v) is 6.04. The van der Waals surface area contributed by atoms with E-state index in [2.05, 4.69) is 40.8 Å². The Balaban J connectivity index is 0.00000242.